The van der Waals surface area contributed by atoms with E-state index >= 15 is 0 Å². The molecule has 1 rings (SSSR count). The van der Waals surface area contributed by atoms with Gasteiger partial charge in [-0.3, -0.25) is 0 Å². The average molecular weight is 176 g/mol. The summed E-state index contributed by atoms with van der Waals surface area (Å²) in [7, 11) is 5.40. The van der Waals surface area contributed by atoms with Crippen molar-refractivity contribution in [1.82, 2.24) is 0 Å². The summed E-state index contributed by atoms with van der Waals surface area (Å²) in [5, 5.41) is 0. The predicted octanol–water partition coefficient (Wildman–Crippen LogP) is 2.83. The van der Waals surface area contributed by atoms with Gasteiger partial charge in [0.05, 0.1) is 0 Å². The first-order chi connectivity index (χ1) is 3.79. The molecule has 40 valence electrons. The highest BCUT2D eigenvalue weighted by Crippen LogP contribution is 2.17. The quantitative estimate of drug-likeness (QED) is 0.570. The van der Waals surface area contributed by atoms with Crippen LogP contribution in [0.2, 0.25) is 0 Å². The van der Waals surface area contributed by atoms with Gasteiger partial charge in [0, 0.05) is 9.36 Å². The van der Waals surface area contributed by atoms with Crippen LogP contribution >= 0.6 is 31.5 Å². The van der Waals surface area contributed by atoms with Crippen molar-refractivity contribution in [2.45, 2.75) is 0 Å². The predicted molar refractivity (Wildman–Crippen MR) is 46.8 cm³/mol. The average Bonchev–Trinajstić information content (AvgIpc) is 1.77. The Morgan fingerprint density at radius 1 is 0.750 bits per heavy atom. The van der Waals surface area contributed by atoms with Gasteiger partial charge in [-0.05, 0) is 31.5 Å². The summed E-state index contributed by atoms with van der Waals surface area (Å²) in [5.74, 6) is 0. The molecule has 0 unspecified atom stereocenters. The lowest BCUT2D eigenvalue weighted by molar-refractivity contribution is 2.49. The van der Waals surface area contributed by atoms with Crippen LogP contribution in [0.1, 0.15) is 0 Å². The summed E-state index contributed by atoms with van der Waals surface area (Å²) in [6, 6.07) is 0. The third kappa shape index (κ3) is 1.89. The smallest absolute Gasteiger partial charge is 0.0310 e. The fourth-order valence-corrected chi connectivity index (χ4v) is 6.93. The van der Waals surface area contributed by atoms with Crippen molar-refractivity contribution in [2.75, 3.05) is 0 Å². The van der Waals surface area contributed by atoms with Gasteiger partial charge in [0.25, 0.3) is 0 Å². The van der Waals surface area contributed by atoms with E-state index in [-0.39, 0.29) is 0 Å². The van der Waals surface area contributed by atoms with Crippen molar-refractivity contribution in [1.29, 1.82) is 0 Å². The fourth-order valence-electron chi connectivity index (χ4n) is 0.271. The molecule has 0 radical (unpaired) electrons. The maximum Gasteiger partial charge on any atom is 0.0310 e. The lowest BCUT2D eigenvalue weighted by atomic mass is 11.3. The molecule has 0 bridgehead atoms. The third-order valence-corrected chi connectivity index (χ3v) is 8.28. The SMILES string of the molecule is C=c1ppc(=C)pp1. The van der Waals surface area contributed by atoms with E-state index < -0.39 is 0 Å². The van der Waals surface area contributed by atoms with Crippen molar-refractivity contribution in [2.24, 2.45) is 0 Å². The second-order valence-electron chi connectivity index (χ2n) is 1.23. The molecule has 0 aliphatic carbocycles. The highest BCUT2D eigenvalue weighted by atomic mass is 31.9. The summed E-state index contributed by atoms with van der Waals surface area (Å²) >= 11 is 0. The van der Waals surface area contributed by atoms with Crippen LogP contribution < -0.4 is 9.36 Å². The molecular weight excluding hydrogens is 172 g/mol. The van der Waals surface area contributed by atoms with E-state index in [9.17, 15) is 0 Å². The van der Waals surface area contributed by atoms with Crippen LogP contribution in [0.5, 0.6) is 0 Å². The monoisotopic (exact) mass is 176 g/mol. The second kappa shape index (κ2) is 3.00. The first-order valence-electron chi connectivity index (χ1n) is 2.00. The first-order valence-corrected chi connectivity index (χ1v) is 6.99. The summed E-state index contributed by atoms with van der Waals surface area (Å²) in [4.78, 5) is 0. The summed E-state index contributed by atoms with van der Waals surface area (Å²) in [5.41, 5.74) is 0. The van der Waals surface area contributed by atoms with Crippen LogP contribution in [-0.2, 0) is 0 Å². The molecule has 0 saturated carbocycles. The molecule has 1 heterocycles. The lowest BCUT2D eigenvalue weighted by Gasteiger charge is -1.75. The Balaban J connectivity index is 3.44. The van der Waals surface area contributed by atoms with Crippen LogP contribution in [0.3, 0.4) is 0 Å². The van der Waals surface area contributed by atoms with E-state index in [1.54, 1.807) is 0 Å². The van der Waals surface area contributed by atoms with Crippen LogP contribution in [0, 0.1) is 0 Å². The van der Waals surface area contributed by atoms with Gasteiger partial charge in [0.2, 0.25) is 0 Å². The van der Waals surface area contributed by atoms with Crippen molar-refractivity contribution < 1.29 is 0 Å². The topological polar surface area (TPSA) is 0 Å². The Bertz CT molecular complexity index is 215. The number of hydrogen-bond donors (Lipinski definition) is 0. The van der Waals surface area contributed by atoms with Crippen molar-refractivity contribution in [3.63, 3.8) is 0 Å². The lowest BCUT2D eigenvalue weighted by Crippen LogP contribution is -1.79. The van der Waals surface area contributed by atoms with Crippen molar-refractivity contribution in [3.05, 3.63) is 9.36 Å². The van der Waals surface area contributed by atoms with Crippen LogP contribution in [0.4, 0.5) is 0 Å². The van der Waals surface area contributed by atoms with Gasteiger partial charge in [0.15, 0.2) is 0 Å². The number of hydrogen-bond acceptors (Lipinski definition) is 0. The van der Waals surface area contributed by atoms with E-state index in [1.807, 2.05) is 0 Å². The fraction of sp³-hybridized carbons (Fsp3) is 0. The molecule has 0 nitrogen and oxygen atoms in total. The van der Waals surface area contributed by atoms with Crippen molar-refractivity contribution >= 4 is 44.6 Å². The largest absolute Gasteiger partial charge is 0.0818 e. The Kier molecular flexibility index (Phi) is 2.55. The van der Waals surface area contributed by atoms with Gasteiger partial charge in [-0.2, -0.15) is 0 Å². The maximum absolute atomic E-state index is 3.87. The summed E-state index contributed by atoms with van der Waals surface area (Å²) in [6.07, 6.45) is 0. The van der Waals surface area contributed by atoms with Gasteiger partial charge in [-0.1, -0.05) is 13.2 Å². The van der Waals surface area contributed by atoms with E-state index in [2.05, 4.69) is 13.2 Å². The molecule has 0 aromatic carbocycles. The van der Waals surface area contributed by atoms with Gasteiger partial charge < -0.3 is 0 Å². The highest BCUT2D eigenvalue weighted by molar-refractivity contribution is 8.02. The minimum absolute atomic E-state index is 1.32. The zero-order valence-electron chi connectivity index (χ0n) is 4.20. The molecule has 0 amide bonds. The molecule has 0 N–H and O–H groups in total. The standard InChI is InChI=1S/C4H4P4/c1-3-5-7-4(2)8-6-3/h1-2H2. The molecule has 0 fully saturated rings. The van der Waals surface area contributed by atoms with Crippen LogP contribution in [0.25, 0.3) is 13.2 Å². The Morgan fingerprint density at radius 3 is 1.25 bits per heavy atom. The first kappa shape index (κ1) is 6.80. The zero-order valence-corrected chi connectivity index (χ0v) is 7.78. The molecule has 1 aromatic heterocycles. The molecule has 1 aromatic rings. The normalized spacial score (nSPS) is 13.0. The summed E-state index contributed by atoms with van der Waals surface area (Å²) in [6.45, 7) is 7.74. The Hall–Kier alpha value is 0.680. The van der Waals surface area contributed by atoms with Gasteiger partial charge in [-0.15, -0.1) is 0 Å². The minimum atomic E-state index is 1.32. The minimum Gasteiger partial charge on any atom is -0.0818 e. The number of rotatable bonds is 0. The third-order valence-electron chi connectivity index (χ3n) is 0.562. The second-order valence-corrected chi connectivity index (χ2v) is 7.30. The van der Waals surface area contributed by atoms with Gasteiger partial charge >= 0.3 is 0 Å². The Morgan fingerprint density at radius 2 is 1.00 bits per heavy atom. The Labute approximate surface area is 54.6 Å². The molecule has 8 heavy (non-hydrogen) atoms. The van der Waals surface area contributed by atoms with Gasteiger partial charge in [-0.25, -0.2) is 0 Å². The maximum atomic E-state index is 3.87. The zero-order chi connectivity index (χ0) is 5.98. The molecule has 0 atom stereocenters. The van der Waals surface area contributed by atoms with Crippen LogP contribution in [0.15, 0.2) is 0 Å². The van der Waals surface area contributed by atoms with E-state index in [0.717, 1.165) is 0 Å². The molecule has 0 spiro atoms. The molecule has 4 heteroatoms. The molecule has 0 saturated heterocycles. The van der Waals surface area contributed by atoms with E-state index in [1.165, 1.54) is 40.8 Å². The van der Waals surface area contributed by atoms with Crippen molar-refractivity contribution in [3.8, 4) is 0 Å². The van der Waals surface area contributed by atoms with Gasteiger partial charge in [0.1, 0.15) is 0 Å². The molecule has 0 aliphatic heterocycles. The summed E-state index contributed by atoms with van der Waals surface area (Å²) < 4.78 is 2.64. The highest BCUT2D eigenvalue weighted by Gasteiger charge is 1.73. The van der Waals surface area contributed by atoms with Crippen LogP contribution in [-0.4, -0.2) is 0 Å². The van der Waals surface area contributed by atoms with E-state index in [4.69, 9.17) is 0 Å². The molecule has 0 aliphatic rings. The van der Waals surface area contributed by atoms with E-state index in [0.29, 0.717) is 0 Å². The molecular formula is C4H4P4.